The summed E-state index contributed by atoms with van der Waals surface area (Å²) >= 11 is 0. The minimum Gasteiger partial charge on any atom is -0.448 e. The molecular weight excluding hydrogens is 326 g/mol. The van der Waals surface area contributed by atoms with Crippen LogP contribution in [-0.4, -0.2) is 14.2 Å². The predicted octanol–water partition coefficient (Wildman–Crippen LogP) is 3.67. The molecule has 1 N–H and O–H groups in total. The monoisotopic (exact) mass is 345 g/mol. The Bertz CT molecular complexity index is 843. The lowest BCUT2D eigenvalue weighted by atomic mass is 10.2. The van der Waals surface area contributed by atoms with Gasteiger partial charge in [-0.2, -0.15) is 0 Å². The molecule has 0 radical (unpaired) electrons. The van der Waals surface area contributed by atoms with E-state index in [4.69, 9.17) is 9.47 Å². The largest absolute Gasteiger partial charge is 0.448 e. The highest BCUT2D eigenvalue weighted by molar-refractivity contribution is 7.91. The molecule has 1 aliphatic heterocycles. The molecule has 2 aromatic rings. The third kappa shape index (κ3) is 3.06. The van der Waals surface area contributed by atoms with Gasteiger partial charge in [0.25, 0.3) is 5.79 Å². The molecule has 0 amide bonds. The lowest BCUT2D eigenvalue weighted by Crippen LogP contribution is -2.34. The fourth-order valence-electron chi connectivity index (χ4n) is 3.28. The molecule has 6 heteroatoms. The van der Waals surface area contributed by atoms with Crippen molar-refractivity contribution in [1.29, 1.82) is 0 Å². The average molecular weight is 345 g/mol. The molecule has 0 saturated heterocycles. The lowest BCUT2D eigenvalue weighted by molar-refractivity contribution is -0.0716. The highest BCUT2D eigenvalue weighted by atomic mass is 32.2. The van der Waals surface area contributed by atoms with E-state index in [1.807, 2.05) is 18.2 Å². The van der Waals surface area contributed by atoms with Crippen molar-refractivity contribution < 1.29 is 17.9 Å². The van der Waals surface area contributed by atoms with Gasteiger partial charge in [-0.25, -0.2) is 8.42 Å². The smallest absolute Gasteiger partial charge is 0.251 e. The fourth-order valence-corrected chi connectivity index (χ4v) is 4.47. The first-order valence-electron chi connectivity index (χ1n) is 8.10. The van der Waals surface area contributed by atoms with E-state index in [1.54, 1.807) is 30.3 Å². The topological polar surface area (TPSA) is 64.6 Å². The van der Waals surface area contributed by atoms with Gasteiger partial charge in [0.15, 0.2) is 11.5 Å². The highest BCUT2D eigenvalue weighted by Gasteiger charge is 2.44. The van der Waals surface area contributed by atoms with Crippen molar-refractivity contribution in [2.45, 2.75) is 37.2 Å². The second kappa shape index (κ2) is 5.70. The van der Waals surface area contributed by atoms with Crippen LogP contribution in [0.2, 0.25) is 0 Å². The molecule has 1 saturated carbocycles. The number of fused-ring (bicyclic) bond motifs is 1. The highest BCUT2D eigenvalue weighted by Crippen LogP contribution is 2.47. The molecule has 24 heavy (non-hydrogen) atoms. The summed E-state index contributed by atoms with van der Waals surface area (Å²) in [7, 11) is -3.48. The SMILES string of the molecule is O=S(=O)(Cc1ccccc1)Nc1ccc2c(c1)OC1(CCCC1)O2. The van der Waals surface area contributed by atoms with Gasteiger partial charge in [0.2, 0.25) is 10.0 Å². The Hall–Kier alpha value is -2.21. The summed E-state index contributed by atoms with van der Waals surface area (Å²) in [6.07, 6.45) is 3.92. The molecule has 0 unspecified atom stereocenters. The van der Waals surface area contributed by atoms with E-state index in [1.165, 1.54) is 0 Å². The van der Waals surface area contributed by atoms with Crippen molar-refractivity contribution >= 4 is 15.7 Å². The van der Waals surface area contributed by atoms with E-state index in [0.717, 1.165) is 31.2 Å². The van der Waals surface area contributed by atoms with E-state index in [9.17, 15) is 8.42 Å². The third-order valence-corrected chi connectivity index (χ3v) is 5.63. The van der Waals surface area contributed by atoms with E-state index in [0.29, 0.717) is 17.2 Å². The Labute approximate surface area is 141 Å². The van der Waals surface area contributed by atoms with Crippen molar-refractivity contribution in [1.82, 2.24) is 0 Å². The summed E-state index contributed by atoms with van der Waals surface area (Å²) < 4.78 is 39.2. The maximum atomic E-state index is 12.3. The molecule has 4 rings (SSSR count). The molecule has 2 aliphatic rings. The van der Waals surface area contributed by atoms with Crippen molar-refractivity contribution in [3.63, 3.8) is 0 Å². The van der Waals surface area contributed by atoms with Gasteiger partial charge in [0, 0.05) is 18.9 Å². The molecule has 0 atom stereocenters. The van der Waals surface area contributed by atoms with Crippen LogP contribution in [0.3, 0.4) is 0 Å². The quantitative estimate of drug-likeness (QED) is 0.918. The van der Waals surface area contributed by atoms with E-state index < -0.39 is 15.8 Å². The molecule has 0 aromatic heterocycles. The minimum absolute atomic E-state index is 0.0633. The number of hydrogen-bond acceptors (Lipinski definition) is 4. The first-order chi connectivity index (χ1) is 11.5. The first kappa shape index (κ1) is 15.3. The average Bonchev–Trinajstić information content (AvgIpc) is 3.13. The number of hydrogen-bond donors (Lipinski definition) is 1. The van der Waals surface area contributed by atoms with Crippen LogP contribution in [0.5, 0.6) is 11.5 Å². The molecule has 1 fully saturated rings. The summed E-state index contributed by atoms with van der Waals surface area (Å²) in [5, 5.41) is 0. The second-order valence-electron chi connectivity index (χ2n) is 6.33. The van der Waals surface area contributed by atoms with Crippen LogP contribution in [0.25, 0.3) is 0 Å². The van der Waals surface area contributed by atoms with Crippen LogP contribution in [0.15, 0.2) is 48.5 Å². The van der Waals surface area contributed by atoms with Crippen molar-refractivity contribution in [3.05, 3.63) is 54.1 Å². The van der Waals surface area contributed by atoms with Gasteiger partial charge in [-0.05, 0) is 30.5 Å². The molecule has 1 aliphatic carbocycles. The van der Waals surface area contributed by atoms with Gasteiger partial charge in [-0.15, -0.1) is 0 Å². The zero-order valence-electron chi connectivity index (χ0n) is 13.2. The van der Waals surface area contributed by atoms with Gasteiger partial charge < -0.3 is 9.47 Å². The third-order valence-electron chi connectivity index (χ3n) is 4.37. The fraction of sp³-hybridized carbons (Fsp3) is 0.333. The molecule has 0 bridgehead atoms. The Morgan fingerprint density at radius 1 is 0.958 bits per heavy atom. The molecule has 5 nitrogen and oxygen atoms in total. The Morgan fingerprint density at radius 3 is 2.42 bits per heavy atom. The zero-order chi connectivity index (χ0) is 16.6. The van der Waals surface area contributed by atoms with E-state index in [2.05, 4.69) is 4.72 Å². The van der Waals surface area contributed by atoms with Gasteiger partial charge in [0.05, 0.1) is 11.4 Å². The lowest BCUT2D eigenvalue weighted by Gasteiger charge is -2.21. The maximum absolute atomic E-state index is 12.3. The van der Waals surface area contributed by atoms with Crippen LogP contribution >= 0.6 is 0 Å². The van der Waals surface area contributed by atoms with Crippen molar-refractivity contribution in [2.75, 3.05) is 4.72 Å². The number of benzene rings is 2. The summed E-state index contributed by atoms with van der Waals surface area (Å²) in [5.74, 6) is 0.690. The number of ether oxygens (including phenoxy) is 2. The van der Waals surface area contributed by atoms with Crippen molar-refractivity contribution in [2.24, 2.45) is 0 Å². The van der Waals surface area contributed by atoms with Crippen LogP contribution in [-0.2, 0) is 15.8 Å². The Kier molecular flexibility index (Phi) is 3.64. The van der Waals surface area contributed by atoms with Crippen LogP contribution in [0.4, 0.5) is 5.69 Å². The van der Waals surface area contributed by atoms with Gasteiger partial charge in [-0.3, -0.25) is 4.72 Å². The number of rotatable bonds is 4. The summed E-state index contributed by atoms with van der Waals surface area (Å²) in [5.41, 5.74) is 1.24. The number of nitrogens with one attached hydrogen (secondary N) is 1. The predicted molar refractivity (Wildman–Crippen MR) is 91.6 cm³/mol. The number of anilines is 1. The van der Waals surface area contributed by atoms with Gasteiger partial charge in [-0.1, -0.05) is 30.3 Å². The standard InChI is InChI=1S/C18H19NO4S/c20-24(21,13-14-6-2-1-3-7-14)19-15-8-9-16-17(12-15)23-18(22-16)10-4-5-11-18/h1-3,6-9,12,19H,4-5,10-11,13H2. The van der Waals surface area contributed by atoms with Gasteiger partial charge >= 0.3 is 0 Å². The second-order valence-corrected chi connectivity index (χ2v) is 8.05. The molecular formula is C18H19NO4S. The number of sulfonamides is 1. The van der Waals surface area contributed by atoms with Crippen LogP contribution in [0, 0.1) is 0 Å². The van der Waals surface area contributed by atoms with Gasteiger partial charge in [0.1, 0.15) is 0 Å². The Balaban J connectivity index is 1.50. The van der Waals surface area contributed by atoms with Crippen molar-refractivity contribution in [3.8, 4) is 11.5 Å². The van der Waals surface area contributed by atoms with E-state index >= 15 is 0 Å². The van der Waals surface area contributed by atoms with Crippen LogP contribution in [0.1, 0.15) is 31.2 Å². The minimum atomic E-state index is -3.48. The summed E-state index contributed by atoms with van der Waals surface area (Å²) in [6, 6.07) is 14.3. The first-order valence-corrected chi connectivity index (χ1v) is 9.75. The summed E-state index contributed by atoms with van der Waals surface area (Å²) in [6.45, 7) is 0. The molecule has 126 valence electrons. The molecule has 1 spiro atoms. The molecule has 2 aromatic carbocycles. The molecule has 1 heterocycles. The normalized spacial score (nSPS) is 18.0. The Morgan fingerprint density at radius 2 is 1.67 bits per heavy atom. The van der Waals surface area contributed by atoms with Crippen LogP contribution < -0.4 is 14.2 Å². The maximum Gasteiger partial charge on any atom is 0.251 e. The zero-order valence-corrected chi connectivity index (χ0v) is 14.0. The summed E-state index contributed by atoms with van der Waals surface area (Å²) in [4.78, 5) is 0. The van der Waals surface area contributed by atoms with E-state index in [-0.39, 0.29) is 5.75 Å².